The highest BCUT2D eigenvalue weighted by Crippen LogP contribution is 2.22. The second kappa shape index (κ2) is 7.43. The highest BCUT2D eigenvalue weighted by atomic mass is 32.2. The van der Waals surface area contributed by atoms with Gasteiger partial charge in [-0.3, -0.25) is 0 Å². The summed E-state index contributed by atoms with van der Waals surface area (Å²) in [6.45, 7) is 4.54. The molecule has 6 heteroatoms. The molecule has 18 heavy (non-hydrogen) atoms. The van der Waals surface area contributed by atoms with Crippen molar-refractivity contribution in [2.24, 2.45) is 11.7 Å². The van der Waals surface area contributed by atoms with Crippen molar-refractivity contribution in [3.8, 4) is 0 Å². The minimum absolute atomic E-state index is 0.0317. The molecule has 0 radical (unpaired) electrons. The average molecular weight is 278 g/mol. The molecule has 1 rings (SSSR count). The number of sulfonamides is 1. The first-order valence-electron chi connectivity index (χ1n) is 6.73. The van der Waals surface area contributed by atoms with Gasteiger partial charge in [-0.05, 0) is 39.0 Å². The van der Waals surface area contributed by atoms with Crippen LogP contribution in [-0.4, -0.2) is 39.5 Å². The Morgan fingerprint density at radius 2 is 2.11 bits per heavy atom. The molecule has 1 saturated carbocycles. The summed E-state index contributed by atoms with van der Waals surface area (Å²) in [4.78, 5) is 0. The zero-order chi connectivity index (χ0) is 13.6. The van der Waals surface area contributed by atoms with Gasteiger partial charge in [0.1, 0.15) is 0 Å². The molecule has 0 bridgehead atoms. The van der Waals surface area contributed by atoms with Gasteiger partial charge in [-0.2, -0.15) is 0 Å². The second-order valence-electron chi connectivity index (χ2n) is 5.38. The van der Waals surface area contributed by atoms with Gasteiger partial charge in [0.15, 0.2) is 0 Å². The maximum atomic E-state index is 11.7. The number of nitrogens with two attached hydrogens (primary N) is 1. The molecule has 1 aliphatic rings. The standard InChI is InChI=1S/C12H26N2O3S/c1-10(2)17-6-7-18(15,16)14-9-11-4-3-5-12(13)8-11/h10-12,14H,3-9,13H2,1-2H3. The van der Waals surface area contributed by atoms with Crippen LogP contribution in [0.5, 0.6) is 0 Å². The average Bonchev–Trinajstić information content (AvgIpc) is 2.26. The SMILES string of the molecule is CC(C)OCCS(=O)(=O)NCC1CCCC(N)C1. The lowest BCUT2D eigenvalue weighted by molar-refractivity contribution is 0.0911. The Morgan fingerprint density at radius 3 is 2.72 bits per heavy atom. The van der Waals surface area contributed by atoms with E-state index in [1.807, 2.05) is 13.8 Å². The minimum atomic E-state index is -3.21. The first kappa shape index (κ1) is 15.9. The number of rotatable bonds is 7. The molecule has 0 aliphatic heterocycles. The van der Waals surface area contributed by atoms with Crippen LogP contribution in [0, 0.1) is 5.92 Å². The van der Waals surface area contributed by atoms with Crippen molar-refractivity contribution in [1.29, 1.82) is 0 Å². The molecule has 0 aromatic rings. The molecule has 0 saturated heterocycles. The predicted molar refractivity (Wildman–Crippen MR) is 72.8 cm³/mol. The van der Waals surface area contributed by atoms with Gasteiger partial charge >= 0.3 is 0 Å². The second-order valence-corrected chi connectivity index (χ2v) is 7.31. The van der Waals surface area contributed by atoms with E-state index in [0.717, 1.165) is 25.7 Å². The van der Waals surface area contributed by atoms with Gasteiger partial charge in [0.05, 0.1) is 18.5 Å². The van der Waals surface area contributed by atoms with Crippen molar-refractivity contribution < 1.29 is 13.2 Å². The maximum absolute atomic E-state index is 11.7. The van der Waals surface area contributed by atoms with Crippen LogP contribution >= 0.6 is 0 Å². The van der Waals surface area contributed by atoms with Gasteiger partial charge in [0.25, 0.3) is 0 Å². The summed E-state index contributed by atoms with van der Waals surface area (Å²) in [7, 11) is -3.21. The van der Waals surface area contributed by atoms with E-state index in [4.69, 9.17) is 10.5 Å². The summed E-state index contributed by atoms with van der Waals surface area (Å²) in [6, 6.07) is 0.234. The van der Waals surface area contributed by atoms with Crippen LogP contribution < -0.4 is 10.5 Å². The van der Waals surface area contributed by atoms with Gasteiger partial charge in [0.2, 0.25) is 10.0 Å². The van der Waals surface area contributed by atoms with E-state index in [1.165, 1.54) is 0 Å². The summed E-state index contributed by atoms with van der Waals surface area (Å²) >= 11 is 0. The number of ether oxygens (including phenoxy) is 1. The number of hydrogen-bond donors (Lipinski definition) is 2. The molecule has 5 nitrogen and oxygen atoms in total. The van der Waals surface area contributed by atoms with Gasteiger partial charge < -0.3 is 10.5 Å². The smallest absolute Gasteiger partial charge is 0.213 e. The van der Waals surface area contributed by atoms with E-state index >= 15 is 0 Å². The third-order valence-electron chi connectivity index (χ3n) is 3.22. The first-order chi connectivity index (χ1) is 8.39. The number of hydrogen-bond acceptors (Lipinski definition) is 4. The maximum Gasteiger partial charge on any atom is 0.213 e. The van der Waals surface area contributed by atoms with E-state index in [1.54, 1.807) is 0 Å². The molecule has 0 spiro atoms. The summed E-state index contributed by atoms with van der Waals surface area (Å²) in [5.41, 5.74) is 5.88. The lowest BCUT2D eigenvalue weighted by Gasteiger charge is -2.26. The van der Waals surface area contributed by atoms with Gasteiger partial charge in [-0.1, -0.05) is 6.42 Å². The zero-order valence-corrected chi connectivity index (χ0v) is 12.2. The zero-order valence-electron chi connectivity index (χ0n) is 11.4. The summed E-state index contributed by atoms with van der Waals surface area (Å²) in [6.07, 6.45) is 4.22. The Balaban J connectivity index is 2.24. The summed E-state index contributed by atoms with van der Waals surface area (Å²) < 4.78 is 31.3. The molecular weight excluding hydrogens is 252 g/mol. The van der Waals surface area contributed by atoms with E-state index in [0.29, 0.717) is 12.5 Å². The minimum Gasteiger partial charge on any atom is -0.378 e. The van der Waals surface area contributed by atoms with E-state index in [2.05, 4.69) is 4.72 Å². The van der Waals surface area contributed by atoms with Crippen molar-refractivity contribution in [2.75, 3.05) is 18.9 Å². The molecule has 2 unspecified atom stereocenters. The van der Waals surface area contributed by atoms with E-state index in [9.17, 15) is 8.42 Å². The van der Waals surface area contributed by atoms with Crippen LogP contribution in [0.4, 0.5) is 0 Å². The monoisotopic (exact) mass is 278 g/mol. The molecule has 3 N–H and O–H groups in total. The van der Waals surface area contributed by atoms with Crippen LogP contribution in [0.1, 0.15) is 39.5 Å². The predicted octanol–water partition coefficient (Wildman–Crippen LogP) is 0.848. The van der Waals surface area contributed by atoms with Crippen molar-refractivity contribution in [2.45, 2.75) is 51.7 Å². The third kappa shape index (κ3) is 6.68. The van der Waals surface area contributed by atoms with Crippen LogP contribution in [-0.2, 0) is 14.8 Å². The first-order valence-corrected chi connectivity index (χ1v) is 8.39. The Bertz CT molecular complexity index is 330. The molecule has 0 amide bonds. The lowest BCUT2D eigenvalue weighted by atomic mass is 9.86. The van der Waals surface area contributed by atoms with Crippen molar-refractivity contribution in [1.82, 2.24) is 4.72 Å². The molecule has 108 valence electrons. The summed E-state index contributed by atoms with van der Waals surface area (Å²) in [5, 5.41) is 0. The van der Waals surface area contributed by atoms with E-state index < -0.39 is 10.0 Å². The lowest BCUT2D eigenvalue weighted by Crippen LogP contribution is -2.37. The van der Waals surface area contributed by atoms with Gasteiger partial charge in [-0.15, -0.1) is 0 Å². The fourth-order valence-corrected chi connectivity index (χ4v) is 3.18. The quantitative estimate of drug-likeness (QED) is 0.723. The van der Waals surface area contributed by atoms with Crippen LogP contribution in [0.25, 0.3) is 0 Å². The Labute approximate surface area is 111 Å². The largest absolute Gasteiger partial charge is 0.378 e. The molecule has 1 aliphatic carbocycles. The fraction of sp³-hybridized carbons (Fsp3) is 1.00. The van der Waals surface area contributed by atoms with Crippen molar-refractivity contribution in [3.05, 3.63) is 0 Å². The molecular formula is C12H26N2O3S. The van der Waals surface area contributed by atoms with E-state index in [-0.39, 0.29) is 24.5 Å². The topological polar surface area (TPSA) is 81.4 Å². The van der Waals surface area contributed by atoms with Gasteiger partial charge in [-0.25, -0.2) is 13.1 Å². The van der Waals surface area contributed by atoms with Gasteiger partial charge in [0, 0.05) is 12.6 Å². The van der Waals surface area contributed by atoms with Crippen molar-refractivity contribution >= 4 is 10.0 Å². The Morgan fingerprint density at radius 1 is 1.39 bits per heavy atom. The van der Waals surface area contributed by atoms with Crippen LogP contribution in [0.15, 0.2) is 0 Å². The van der Waals surface area contributed by atoms with Crippen molar-refractivity contribution in [3.63, 3.8) is 0 Å². The highest BCUT2D eigenvalue weighted by molar-refractivity contribution is 7.89. The highest BCUT2D eigenvalue weighted by Gasteiger charge is 2.21. The molecule has 0 aromatic heterocycles. The third-order valence-corrected chi connectivity index (χ3v) is 4.53. The number of nitrogens with one attached hydrogen (secondary N) is 1. The normalized spacial score (nSPS) is 25.6. The van der Waals surface area contributed by atoms with Crippen LogP contribution in [0.3, 0.4) is 0 Å². The Kier molecular flexibility index (Phi) is 6.55. The molecule has 1 fully saturated rings. The Hall–Kier alpha value is -0.170. The van der Waals surface area contributed by atoms with Crippen LogP contribution in [0.2, 0.25) is 0 Å². The molecule has 0 aromatic carbocycles. The molecule has 0 heterocycles. The molecule has 2 atom stereocenters. The fourth-order valence-electron chi connectivity index (χ4n) is 2.23. The summed E-state index contributed by atoms with van der Waals surface area (Å²) in [5.74, 6) is 0.416.